The number of aryl methyl sites for hydroxylation is 2. The van der Waals surface area contributed by atoms with E-state index in [0.29, 0.717) is 6.54 Å². The standard InChI is InChI=1S/C11H15N7O/c1-7-9(8(2)15-6-14-7)3-13-11(19)5-18-16-4-10(12)17-18/h4,6H,3,5H2,1-2H3,(H2,12,17)(H,13,19). The van der Waals surface area contributed by atoms with Crippen LogP contribution in [0.3, 0.4) is 0 Å². The summed E-state index contributed by atoms with van der Waals surface area (Å²) in [6, 6.07) is 0. The van der Waals surface area contributed by atoms with Crippen molar-refractivity contribution >= 4 is 11.7 Å². The van der Waals surface area contributed by atoms with Crippen molar-refractivity contribution in [1.82, 2.24) is 30.3 Å². The summed E-state index contributed by atoms with van der Waals surface area (Å²) in [5.41, 5.74) is 8.05. The number of hydrogen-bond acceptors (Lipinski definition) is 6. The van der Waals surface area contributed by atoms with Gasteiger partial charge in [-0.1, -0.05) is 0 Å². The van der Waals surface area contributed by atoms with Gasteiger partial charge >= 0.3 is 0 Å². The van der Waals surface area contributed by atoms with Crippen molar-refractivity contribution in [2.24, 2.45) is 0 Å². The molecule has 2 aromatic rings. The highest BCUT2D eigenvalue weighted by molar-refractivity contribution is 5.75. The van der Waals surface area contributed by atoms with Crippen LogP contribution in [0.25, 0.3) is 0 Å². The smallest absolute Gasteiger partial charge is 0.243 e. The average Bonchev–Trinajstić information content (AvgIpc) is 2.74. The van der Waals surface area contributed by atoms with E-state index in [0.717, 1.165) is 17.0 Å². The van der Waals surface area contributed by atoms with E-state index < -0.39 is 0 Å². The Bertz CT molecular complexity index is 572. The maximum atomic E-state index is 11.7. The Morgan fingerprint density at radius 2 is 2.05 bits per heavy atom. The van der Waals surface area contributed by atoms with E-state index in [9.17, 15) is 4.79 Å². The Kier molecular flexibility index (Phi) is 3.69. The predicted molar refractivity (Wildman–Crippen MR) is 67.8 cm³/mol. The van der Waals surface area contributed by atoms with E-state index in [4.69, 9.17) is 5.73 Å². The van der Waals surface area contributed by atoms with E-state index >= 15 is 0 Å². The summed E-state index contributed by atoms with van der Waals surface area (Å²) >= 11 is 0. The van der Waals surface area contributed by atoms with Gasteiger partial charge in [0.15, 0.2) is 5.82 Å². The number of nitrogens with one attached hydrogen (secondary N) is 1. The molecule has 2 heterocycles. The third-order valence-electron chi connectivity index (χ3n) is 2.68. The minimum absolute atomic E-state index is 0.0307. The molecule has 2 aromatic heterocycles. The normalized spacial score (nSPS) is 10.4. The number of nitrogen functional groups attached to an aromatic ring is 1. The molecule has 0 aliphatic rings. The third kappa shape index (κ3) is 3.24. The van der Waals surface area contributed by atoms with Gasteiger partial charge < -0.3 is 11.1 Å². The van der Waals surface area contributed by atoms with Gasteiger partial charge in [0.25, 0.3) is 0 Å². The fraction of sp³-hybridized carbons (Fsp3) is 0.364. The Morgan fingerprint density at radius 1 is 1.37 bits per heavy atom. The monoisotopic (exact) mass is 261 g/mol. The highest BCUT2D eigenvalue weighted by Gasteiger charge is 2.08. The highest BCUT2D eigenvalue weighted by atomic mass is 16.2. The summed E-state index contributed by atoms with van der Waals surface area (Å²) in [5.74, 6) is 0.0919. The third-order valence-corrected chi connectivity index (χ3v) is 2.68. The van der Waals surface area contributed by atoms with Gasteiger partial charge in [-0.2, -0.15) is 9.90 Å². The van der Waals surface area contributed by atoms with Crippen LogP contribution in [0.5, 0.6) is 0 Å². The number of carbonyl (C=O) groups is 1. The molecule has 0 aromatic carbocycles. The van der Waals surface area contributed by atoms with Gasteiger partial charge in [0, 0.05) is 23.5 Å². The van der Waals surface area contributed by atoms with Crippen LogP contribution >= 0.6 is 0 Å². The number of aromatic nitrogens is 5. The van der Waals surface area contributed by atoms with Crippen LogP contribution in [0.1, 0.15) is 17.0 Å². The summed E-state index contributed by atoms with van der Waals surface area (Å²) in [6.45, 7) is 4.18. The number of nitrogens with two attached hydrogens (primary N) is 1. The van der Waals surface area contributed by atoms with Crippen LogP contribution in [0.15, 0.2) is 12.5 Å². The van der Waals surface area contributed by atoms with Gasteiger partial charge in [-0.05, 0) is 13.8 Å². The van der Waals surface area contributed by atoms with E-state index in [1.54, 1.807) is 0 Å². The molecule has 8 heteroatoms. The Balaban J connectivity index is 1.93. The lowest BCUT2D eigenvalue weighted by atomic mass is 10.2. The van der Waals surface area contributed by atoms with Gasteiger partial charge in [-0.25, -0.2) is 9.97 Å². The van der Waals surface area contributed by atoms with Crippen LogP contribution in [-0.4, -0.2) is 30.9 Å². The van der Waals surface area contributed by atoms with Crippen LogP contribution in [0.2, 0.25) is 0 Å². The molecule has 1 amide bonds. The second-order valence-corrected chi connectivity index (χ2v) is 4.10. The maximum Gasteiger partial charge on any atom is 0.243 e. The van der Waals surface area contributed by atoms with E-state index in [1.165, 1.54) is 17.3 Å². The zero-order valence-electron chi connectivity index (χ0n) is 10.8. The SMILES string of the molecule is Cc1ncnc(C)c1CNC(=O)Cn1ncc(N)n1. The topological polar surface area (TPSA) is 112 Å². The number of carbonyl (C=O) groups excluding carboxylic acids is 1. The van der Waals surface area contributed by atoms with Crippen molar-refractivity contribution in [3.8, 4) is 0 Å². The molecule has 100 valence electrons. The molecule has 0 aliphatic carbocycles. The molecular weight excluding hydrogens is 246 g/mol. The summed E-state index contributed by atoms with van der Waals surface area (Å²) in [6.07, 6.45) is 2.90. The van der Waals surface area contributed by atoms with Crippen molar-refractivity contribution in [1.29, 1.82) is 0 Å². The summed E-state index contributed by atoms with van der Waals surface area (Å²) < 4.78 is 0. The first-order valence-corrected chi connectivity index (χ1v) is 5.75. The molecule has 3 N–H and O–H groups in total. The molecule has 8 nitrogen and oxygen atoms in total. The molecule has 0 unspecified atom stereocenters. The van der Waals surface area contributed by atoms with Gasteiger partial charge in [-0.3, -0.25) is 4.79 Å². The molecule has 0 saturated heterocycles. The lowest BCUT2D eigenvalue weighted by molar-refractivity contribution is -0.122. The number of rotatable bonds is 4. The molecule has 0 aliphatic heterocycles. The van der Waals surface area contributed by atoms with Gasteiger partial charge in [0.1, 0.15) is 12.9 Å². The van der Waals surface area contributed by atoms with Gasteiger partial charge in [0.2, 0.25) is 5.91 Å². The molecule has 0 spiro atoms. The fourth-order valence-corrected chi connectivity index (χ4v) is 1.63. The summed E-state index contributed by atoms with van der Waals surface area (Å²) in [5, 5.41) is 10.5. The maximum absolute atomic E-state index is 11.7. The first kappa shape index (κ1) is 12.9. The second-order valence-electron chi connectivity index (χ2n) is 4.10. The molecule has 19 heavy (non-hydrogen) atoms. The molecule has 0 fully saturated rings. The summed E-state index contributed by atoms with van der Waals surface area (Å²) in [7, 11) is 0. The minimum atomic E-state index is -0.196. The zero-order chi connectivity index (χ0) is 13.8. The highest BCUT2D eigenvalue weighted by Crippen LogP contribution is 2.07. The van der Waals surface area contributed by atoms with Crippen molar-refractivity contribution in [2.45, 2.75) is 26.9 Å². The Morgan fingerprint density at radius 3 is 2.63 bits per heavy atom. The largest absolute Gasteiger partial charge is 0.381 e. The second kappa shape index (κ2) is 5.42. The molecule has 0 saturated carbocycles. The number of amides is 1. The van der Waals surface area contributed by atoms with Crippen LogP contribution < -0.4 is 11.1 Å². The van der Waals surface area contributed by atoms with E-state index in [1.807, 2.05) is 13.8 Å². The first-order chi connectivity index (χ1) is 9.06. The predicted octanol–water partition coefficient (Wildman–Crippen LogP) is -0.416. The first-order valence-electron chi connectivity index (χ1n) is 5.75. The molecule has 0 bridgehead atoms. The van der Waals surface area contributed by atoms with Crippen LogP contribution in [-0.2, 0) is 17.9 Å². The number of nitrogens with zero attached hydrogens (tertiary/aromatic N) is 5. The van der Waals surface area contributed by atoms with E-state index in [-0.39, 0.29) is 18.3 Å². The van der Waals surface area contributed by atoms with Crippen LogP contribution in [0.4, 0.5) is 5.82 Å². The average molecular weight is 261 g/mol. The lowest BCUT2D eigenvalue weighted by Crippen LogP contribution is -2.28. The molecular formula is C11H15N7O. The quantitative estimate of drug-likeness (QED) is 0.773. The van der Waals surface area contributed by atoms with Gasteiger partial charge in [-0.15, -0.1) is 5.10 Å². The molecule has 0 atom stereocenters. The molecule has 2 rings (SSSR count). The van der Waals surface area contributed by atoms with Gasteiger partial charge in [0.05, 0.1) is 6.20 Å². The van der Waals surface area contributed by atoms with E-state index in [2.05, 4.69) is 25.5 Å². The van der Waals surface area contributed by atoms with Crippen molar-refractivity contribution in [3.63, 3.8) is 0 Å². The van der Waals surface area contributed by atoms with Crippen molar-refractivity contribution < 1.29 is 4.79 Å². The number of hydrogen-bond donors (Lipinski definition) is 2. The van der Waals surface area contributed by atoms with Crippen molar-refractivity contribution in [2.75, 3.05) is 5.73 Å². The molecule has 0 radical (unpaired) electrons. The van der Waals surface area contributed by atoms with Crippen molar-refractivity contribution in [3.05, 3.63) is 29.5 Å². The summed E-state index contributed by atoms with van der Waals surface area (Å²) in [4.78, 5) is 21.2. The minimum Gasteiger partial charge on any atom is -0.381 e. The Hall–Kier alpha value is -2.51. The zero-order valence-corrected chi connectivity index (χ0v) is 10.8. The number of anilines is 1. The lowest BCUT2D eigenvalue weighted by Gasteiger charge is -2.09. The Labute approximate surface area is 110 Å². The fourth-order valence-electron chi connectivity index (χ4n) is 1.63. The van der Waals surface area contributed by atoms with Crippen LogP contribution in [0, 0.1) is 13.8 Å².